The Labute approximate surface area is 151 Å². The summed E-state index contributed by atoms with van der Waals surface area (Å²) in [6.07, 6.45) is 3.42. The van der Waals surface area contributed by atoms with Gasteiger partial charge in [0.2, 0.25) is 10.0 Å². The third-order valence-corrected chi connectivity index (χ3v) is 5.60. The number of benzene rings is 1. The van der Waals surface area contributed by atoms with Gasteiger partial charge in [0.1, 0.15) is 5.82 Å². The van der Waals surface area contributed by atoms with Gasteiger partial charge in [-0.2, -0.15) is 5.10 Å². The molecular formula is C18H19FN4O2S. The number of rotatable bonds is 6. The van der Waals surface area contributed by atoms with Crippen molar-refractivity contribution in [1.29, 1.82) is 0 Å². The van der Waals surface area contributed by atoms with E-state index in [1.165, 1.54) is 12.1 Å². The molecule has 0 bridgehead atoms. The molecule has 26 heavy (non-hydrogen) atoms. The predicted octanol–water partition coefficient (Wildman–Crippen LogP) is 2.68. The molecule has 0 fully saturated rings. The van der Waals surface area contributed by atoms with Crippen LogP contribution in [0.4, 0.5) is 4.39 Å². The summed E-state index contributed by atoms with van der Waals surface area (Å²) in [5, 5.41) is 4.49. The lowest BCUT2D eigenvalue weighted by Gasteiger charge is -2.10. The summed E-state index contributed by atoms with van der Waals surface area (Å²) in [4.78, 5) is 4.15. The average molecular weight is 374 g/mol. The van der Waals surface area contributed by atoms with E-state index in [0.717, 1.165) is 23.0 Å². The molecule has 6 nitrogen and oxygen atoms in total. The lowest BCUT2D eigenvalue weighted by molar-refractivity contribution is 0.555. The zero-order chi connectivity index (χ0) is 18.7. The summed E-state index contributed by atoms with van der Waals surface area (Å²) < 4.78 is 42.2. The van der Waals surface area contributed by atoms with E-state index in [-0.39, 0.29) is 11.4 Å². The van der Waals surface area contributed by atoms with Crippen molar-refractivity contribution in [3.8, 4) is 11.3 Å². The monoisotopic (exact) mass is 374 g/mol. The van der Waals surface area contributed by atoms with Gasteiger partial charge in [0.15, 0.2) is 0 Å². The number of nitrogens with one attached hydrogen (secondary N) is 1. The Hall–Kier alpha value is -2.58. The first kappa shape index (κ1) is 18.2. The van der Waals surface area contributed by atoms with Gasteiger partial charge in [0, 0.05) is 30.2 Å². The third kappa shape index (κ3) is 3.97. The van der Waals surface area contributed by atoms with Crippen LogP contribution in [0.5, 0.6) is 0 Å². The van der Waals surface area contributed by atoms with E-state index in [4.69, 9.17) is 0 Å². The van der Waals surface area contributed by atoms with Crippen LogP contribution in [0.1, 0.15) is 11.3 Å². The van der Waals surface area contributed by atoms with Crippen molar-refractivity contribution in [3.05, 3.63) is 65.9 Å². The van der Waals surface area contributed by atoms with Gasteiger partial charge in [-0.25, -0.2) is 17.5 Å². The van der Waals surface area contributed by atoms with Crippen molar-refractivity contribution >= 4 is 10.0 Å². The molecule has 2 heterocycles. The maximum atomic E-state index is 13.2. The maximum absolute atomic E-state index is 13.2. The van der Waals surface area contributed by atoms with Crippen molar-refractivity contribution in [2.45, 2.75) is 25.3 Å². The molecule has 0 aliphatic carbocycles. The number of aromatic nitrogens is 3. The van der Waals surface area contributed by atoms with Gasteiger partial charge in [0.05, 0.1) is 17.1 Å². The molecule has 1 N–H and O–H groups in total. The van der Waals surface area contributed by atoms with Crippen molar-refractivity contribution in [1.82, 2.24) is 19.5 Å². The second kappa shape index (κ2) is 7.35. The first-order valence-corrected chi connectivity index (χ1v) is 9.56. The molecule has 3 rings (SSSR count). The first-order chi connectivity index (χ1) is 12.4. The Bertz CT molecular complexity index is 1020. The molecule has 0 atom stereocenters. The van der Waals surface area contributed by atoms with E-state index in [1.54, 1.807) is 24.0 Å². The highest BCUT2D eigenvalue weighted by molar-refractivity contribution is 7.89. The largest absolute Gasteiger partial charge is 0.268 e. The molecule has 2 aromatic heterocycles. The van der Waals surface area contributed by atoms with Crippen LogP contribution in [0.2, 0.25) is 0 Å². The molecule has 0 saturated carbocycles. The quantitative estimate of drug-likeness (QED) is 0.720. The normalized spacial score (nSPS) is 11.7. The number of pyridine rings is 1. The molecule has 136 valence electrons. The van der Waals surface area contributed by atoms with Crippen molar-refractivity contribution < 1.29 is 12.8 Å². The molecule has 0 aliphatic rings. The van der Waals surface area contributed by atoms with E-state index in [0.29, 0.717) is 12.1 Å². The number of hydrogen-bond acceptors (Lipinski definition) is 4. The zero-order valence-corrected chi connectivity index (χ0v) is 15.3. The predicted molar refractivity (Wildman–Crippen MR) is 96.5 cm³/mol. The van der Waals surface area contributed by atoms with E-state index in [9.17, 15) is 12.8 Å². The summed E-state index contributed by atoms with van der Waals surface area (Å²) in [6, 6.07) is 9.29. The number of nitrogens with zero attached hydrogens (tertiary/aromatic N) is 3. The minimum absolute atomic E-state index is 0.0761. The molecule has 8 heteroatoms. The molecule has 0 aliphatic heterocycles. The fourth-order valence-electron chi connectivity index (χ4n) is 2.67. The fraction of sp³-hybridized carbons (Fsp3) is 0.222. The SMILES string of the molecule is Cc1cc(F)ccc1S(=O)(=O)NCCn1nc(-c2cccnc2)cc1C. The second-order valence-corrected chi connectivity index (χ2v) is 7.68. The Morgan fingerprint density at radius 3 is 2.69 bits per heavy atom. The van der Waals surface area contributed by atoms with Crippen LogP contribution in [0.25, 0.3) is 11.3 Å². The molecule has 3 aromatic rings. The van der Waals surface area contributed by atoms with Gasteiger partial charge in [-0.3, -0.25) is 9.67 Å². The molecular weight excluding hydrogens is 355 g/mol. The van der Waals surface area contributed by atoms with Crippen molar-refractivity contribution in [3.63, 3.8) is 0 Å². The van der Waals surface area contributed by atoms with E-state index < -0.39 is 15.8 Å². The fourth-order valence-corrected chi connectivity index (χ4v) is 3.92. The Balaban J connectivity index is 1.69. The molecule has 0 spiro atoms. The van der Waals surface area contributed by atoms with Gasteiger partial charge in [-0.15, -0.1) is 0 Å². The Morgan fingerprint density at radius 1 is 1.19 bits per heavy atom. The van der Waals surface area contributed by atoms with Crippen LogP contribution in [-0.2, 0) is 16.6 Å². The standard InChI is InChI=1S/C18H19FN4O2S/c1-13-10-16(19)5-6-18(13)26(24,25)21-8-9-23-14(2)11-17(22-23)15-4-3-7-20-12-15/h3-7,10-12,21H,8-9H2,1-2H3. The molecule has 0 radical (unpaired) electrons. The number of halogens is 1. The van der Waals surface area contributed by atoms with Crippen molar-refractivity contribution in [2.24, 2.45) is 0 Å². The maximum Gasteiger partial charge on any atom is 0.240 e. The highest BCUT2D eigenvalue weighted by Crippen LogP contribution is 2.18. The van der Waals surface area contributed by atoms with Gasteiger partial charge in [-0.05, 0) is 55.8 Å². The highest BCUT2D eigenvalue weighted by atomic mass is 32.2. The number of aryl methyl sites for hydroxylation is 2. The van der Waals surface area contributed by atoms with Crippen LogP contribution in [0.15, 0.2) is 53.7 Å². The van der Waals surface area contributed by atoms with Gasteiger partial charge in [0.25, 0.3) is 0 Å². The Morgan fingerprint density at radius 2 is 2.00 bits per heavy atom. The second-order valence-electron chi connectivity index (χ2n) is 5.94. The van der Waals surface area contributed by atoms with Crippen LogP contribution in [-0.4, -0.2) is 29.7 Å². The third-order valence-electron chi connectivity index (χ3n) is 3.98. The number of sulfonamides is 1. The minimum atomic E-state index is -3.70. The van der Waals surface area contributed by atoms with Crippen LogP contribution >= 0.6 is 0 Å². The lowest BCUT2D eigenvalue weighted by Crippen LogP contribution is -2.28. The van der Waals surface area contributed by atoms with Crippen LogP contribution < -0.4 is 4.72 Å². The lowest BCUT2D eigenvalue weighted by atomic mass is 10.2. The summed E-state index contributed by atoms with van der Waals surface area (Å²) in [5.41, 5.74) is 2.97. The Kier molecular flexibility index (Phi) is 5.15. The smallest absolute Gasteiger partial charge is 0.240 e. The topological polar surface area (TPSA) is 76.9 Å². The molecule has 0 saturated heterocycles. The average Bonchev–Trinajstić information content (AvgIpc) is 2.96. The summed E-state index contributed by atoms with van der Waals surface area (Å²) in [7, 11) is -3.70. The first-order valence-electron chi connectivity index (χ1n) is 8.07. The highest BCUT2D eigenvalue weighted by Gasteiger charge is 2.17. The van der Waals surface area contributed by atoms with E-state index in [1.807, 2.05) is 25.1 Å². The number of hydrogen-bond donors (Lipinski definition) is 1. The van der Waals surface area contributed by atoms with Gasteiger partial charge >= 0.3 is 0 Å². The molecule has 0 amide bonds. The van der Waals surface area contributed by atoms with Crippen LogP contribution in [0, 0.1) is 19.7 Å². The summed E-state index contributed by atoms with van der Waals surface area (Å²) in [6.45, 7) is 4.03. The summed E-state index contributed by atoms with van der Waals surface area (Å²) >= 11 is 0. The summed E-state index contributed by atoms with van der Waals surface area (Å²) in [5.74, 6) is -0.462. The van der Waals surface area contributed by atoms with E-state index in [2.05, 4.69) is 14.8 Å². The van der Waals surface area contributed by atoms with Crippen molar-refractivity contribution in [2.75, 3.05) is 6.54 Å². The van der Waals surface area contributed by atoms with Crippen LogP contribution in [0.3, 0.4) is 0 Å². The van der Waals surface area contributed by atoms with Gasteiger partial charge < -0.3 is 0 Å². The minimum Gasteiger partial charge on any atom is -0.268 e. The van der Waals surface area contributed by atoms with Gasteiger partial charge in [-0.1, -0.05) is 0 Å². The molecule has 1 aromatic carbocycles. The molecule has 0 unspecified atom stereocenters. The van der Waals surface area contributed by atoms with E-state index >= 15 is 0 Å². The zero-order valence-electron chi connectivity index (χ0n) is 14.5.